The first-order valence-electron chi connectivity index (χ1n) is 8.29. The molecule has 0 radical (unpaired) electrons. The number of amides is 1. The van der Waals surface area contributed by atoms with Crippen LogP contribution in [-0.2, 0) is 4.79 Å². The number of benzene rings is 2. The van der Waals surface area contributed by atoms with E-state index < -0.39 is 11.2 Å². The van der Waals surface area contributed by atoms with Gasteiger partial charge in [-0.25, -0.2) is 0 Å². The molecule has 7 heteroatoms. The molecular weight excluding hydrogens is 360 g/mol. The van der Waals surface area contributed by atoms with Crippen LogP contribution in [0.1, 0.15) is 10.8 Å². The maximum Gasteiger partial charge on any atom is 0.235 e. The second-order valence-corrected chi connectivity index (χ2v) is 6.84. The number of carbonyl (C=O) groups is 1. The molecule has 1 atom stereocenters. The van der Waals surface area contributed by atoms with Crippen LogP contribution in [0, 0.1) is 0 Å². The minimum absolute atomic E-state index is 0.437. The van der Waals surface area contributed by atoms with Gasteiger partial charge in [-0.15, -0.1) is 10.2 Å². The van der Waals surface area contributed by atoms with Crippen molar-refractivity contribution < 1.29 is 9.21 Å². The van der Waals surface area contributed by atoms with Crippen LogP contribution in [0.2, 0.25) is 0 Å². The molecule has 1 amide bonds. The van der Waals surface area contributed by atoms with Crippen LogP contribution in [0.25, 0.3) is 17.3 Å². The van der Waals surface area contributed by atoms with Gasteiger partial charge in [-0.1, -0.05) is 60.3 Å². The van der Waals surface area contributed by atoms with Gasteiger partial charge in [-0.05, 0) is 29.8 Å². The molecule has 0 bridgehead atoms. The fourth-order valence-electron chi connectivity index (χ4n) is 2.75. The monoisotopic (exact) mass is 376 g/mol. The number of para-hydroxylation sites is 1. The van der Waals surface area contributed by atoms with Gasteiger partial charge in [-0.3, -0.25) is 9.36 Å². The van der Waals surface area contributed by atoms with E-state index in [0.717, 1.165) is 11.3 Å². The number of thioether (sulfide) groups is 1. The summed E-state index contributed by atoms with van der Waals surface area (Å²) in [5, 5.41) is 8.57. The third-order valence-corrected chi connectivity index (χ3v) is 5.19. The van der Waals surface area contributed by atoms with E-state index in [4.69, 9.17) is 10.2 Å². The Balaban J connectivity index is 1.80. The highest BCUT2D eigenvalue weighted by atomic mass is 32.2. The molecule has 6 nitrogen and oxygen atoms in total. The third-order valence-electron chi connectivity index (χ3n) is 3.97. The van der Waals surface area contributed by atoms with Gasteiger partial charge in [0.1, 0.15) is 5.25 Å². The quantitative estimate of drug-likeness (QED) is 0.517. The lowest BCUT2D eigenvalue weighted by molar-refractivity contribution is -0.117. The Labute approximate surface area is 160 Å². The fourth-order valence-corrected chi connectivity index (χ4v) is 3.75. The first-order valence-corrected chi connectivity index (χ1v) is 9.17. The second-order valence-electron chi connectivity index (χ2n) is 5.77. The summed E-state index contributed by atoms with van der Waals surface area (Å²) in [7, 11) is 0. The molecule has 0 aliphatic rings. The van der Waals surface area contributed by atoms with Gasteiger partial charge < -0.3 is 10.2 Å². The van der Waals surface area contributed by atoms with Crippen LogP contribution in [-0.4, -0.2) is 20.7 Å². The molecule has 0 saturated heterocycles. The lowest BCUT2D eigenvalue weighted by Gasteiger charge is -2.14. The Morgan fingerprint density at radius 1 is 0.963 bits per heavy atom. The van der Waals surface area contributed by atoms with Crippen LogP contribution in [0.5, 0.6) is 0 Å². The van der Waals surface area contributed by atoms with Crippen molar-refractivity contribution in [1.82, 2.24) is 14.8 Å². The molecule has 2 heterocycles. The van der Waals surface area contributed by atoms with Gasteiger partial charge in [0.15, 0.2) is 10.9 Å². The molecule has 134 valence electrons. The molecule has 2 aromatic carbocycles. The Kier molecular flexibility index (Phi) is 4.76. The van der Waals surface area contributed by atoms with Crippen molar-refractivity contribution in [2.24, 2.45) is 5.73 Å². The Bertz CT molecular complexity index is 1030. The van der Waals surface area contributed by atoms with Crippen LogP contribution >= 0.6 is 11.8 Å². The zero-order chi connectivity index (χ0) is 18.6. The van der Waals surface area contributed by atoms with Crippen molar-refractivity contribution in [3.63, 3.8) is 0 Å². The van der Waals surface area contributed by atoms with Crippen molar-refractivity contribution in [3.8, 4) is 17.3 Å². The van der Waals surface area contributed by atoms with Crippen molar-refractivity contribution in [1.29, 1.82) is 0 Å². The van der Waals surface area contributed by atoms with E-state index in [1.54, 1.807) is 12.3 Å². The molecule has 0 saturated carbocycles. The Morgan fingerprint density at radius 3 is 2.30 bits per heavy atom. The number of hydrogen-bond acceptors (Lipinski definition) is 5. The first-order chi connectivity index (χ1) is 13.2. The van der Waals surface area contributed by atoms with Gasteiger partial charge in [0, 0.05) is 5.69 Å². The summed E-state index contributed by atoms with van der Waals surface area (Å²) >= 11 is 1.26. The topological polar surface area (TPSA) is 86.9 Å². The molecule has 27 heavy (non-hydrogen) atoms. The van der Waals surface area contributed by atoms with E-state index in [0.29, 0.717) is 16.7 Å². The molecule has 2 N–H and O–H groups in total. The number of aromatic nitrogens is 3. The summed E-state index contributed by atoms with van der Waals surface area (Å²) in [6.45, 7) is 0. The minimum Gasteiger partial charge on any atom is -0.461 e. The first kappa shape index (κ1) is 17.1. The van der Waals surface area contributed by atoms with Crippen LogP contribution in [0.4, 0.5) is 0 Å². The standard InChI is InChI=1S/C20H16N4O2S/c21-18(25)17(14-8-3-1-4-9-14)27-20-23-22-19(16-12-7-13-26-16)24(20)15-10-5-2-6-11-15/h1-13,17H,(H2,21,25). The normalized spacial score (nSPS) is 12.0. The van der Waals surface area contributed by atoms with E-state index in [-0.39, 0.29) is 0 Å². The summed E-state index contributed by atoms with van der Waals surface area (Å²) in [5.41, 5.74) is 7.36. The predicted molar refractivity (Wildman–Crippen MR) is 103 cm³/mol. The summed E-state index contributed by atoms with van der Waals surface area (Å²) < 4.78 is 7.37. The molecule has 0 aliphatic carbocycles. The molecule has 1 unspecified atom stereocenters. The van der Waals surface area contributed by atoms with Crippen molar-refractivity contribution in [2.75, 3.05) is 0 Å². The molecule has 0 fully saturated rings. The average molecular weight is 376 g/mol. The van der Waals surface area contributed by atoms with E-state index in [9.17, 15) is 4.79 Å². The molecule has 0 aliphatic heterocycles. The highest BCUT2D eigenvalue weighted by Crippen LogP contribution is 2.37. The van der Waals surface area contributed by atoms with Crippen LogP contribution < -0.4 is 5.73 Å². The molecule has 4 rings (SSSR count). The average Bonchev–Trinajstić information content (AvgIpc) is 3.37. The molecular formula is C20H16N4O2S. The fraction of sp³-hybridized carbons (Fsp3) is 0.0500. The SMILES string of the molecule is NC(=O)C(Sc1nnc(-c2ccco2)n1-c1ccccc1)c1ccccc1. The zero-order valence-electron chi connectivity index (χ0n) is 14.2. The van der Waals surface area contributed by atoms with Gasteiger partial charge in [0.25, 0.3) is 0 Å². The van der Waals surface area contributed by atoms with Crippen LogP contribution in [0.15, 0.2) is 88.6 Å². The van der Waals surface area contributed by atoms with Gasteiger partial charge in [0.2, 0.25) is 11.7 Å². The number of hydrogen-bond donors (Lipinski definition) is 1. The van der Waals surface area contributed by atoms with Gasteiger partial charge in [-0.2, -0.15) is 0 Å². The largest absolute Gasteiger partial charge is 0.461 e. The number of primary amides is 1. The highest BCUT2D eigenvalue weighted by Gasteiger charge is 2.25. The predicted octanol–water partition coefficient (Wildman–Crippen LogP) is 3.85. The summed E-state index contributed by atoms with van der Waals surface area (Å²) in [4.78, 5) is 12.1. The minimum atomic E-state index is -0.581. The van der Waals surface area contributed by atoms with Gasteiger partial charge >= 0.3 is 0 Å². The van der Waals surface area contributed by atoms with E-state index >= 15 is 0 Å². The number of carbonyl (C=O) groups excluding carboxylic acids is 1. The second kappa shape index (κ2) is 7.51. The third kappa shape index (κ3) is 3.50. The molecule has 4 aromatic rings. The van der Waals surface area contributed by atoms with E-state index in [1.807, 2.05) is 71.3 Å². The Hall–Kier alpha value is -3.32. The Morgan fingerprint density at radius 2 is 1.67 bits per heavy atom. The lowest BCUT2D eigenvalue weighted by atomic mass is 10.1. The van der Waals surface area contributed by atoms with Gasteiger partial charge in [0.05, 0.1) is 6.26 Å². The number of nitrogens with zero attached hydrogens (tertiary/aromatic N) is 3. The summed E-state index contributed by atoms with van der Waals surface area (Å²) in [5.74, 6) is 0.715. The summed E-state index contributed by atoms with van der Waals surface area (Å²) in [6.07, 6.45) is 1.59. The zero-order valence-corrected chi connectivity index (χ0v) is 15.0. The maximum absolute atomic E-state index is 12.1. The van der Waals surface area contributed by atoms with Crippen LogP contribution in [0.3, 0.4) is 0 Å². The maximum atomic E-state index is 12.1. The van der Waals surface area contributed by atoms with Crippen molar-refractivity contribution in [3.05, 3.63) is 84.6 Å². The highest BCUT2D eigenvalue weighted by molar-refractivity contribution is 8.00. The number of furan rings is 1. The summed E-state index contributed by atoms with van der Waals surface area (Å²) in [6, 6.07) is 22.7. The van der Waals surface area contributed by atoms with E-state index in [1.165, 1.54) is 11.8 Å². The number of rotatable bonds is 6. The molecule has 2 aromatic heterocycles. The van der Waals surface area contributed by atoms with Crippen molar-refractivity contribution in [2.45, 2.75) is 10.4 Å². The lowest BCUT2D eigenvalue weighted by Crippen LogP contribution is -2.19. The number of nitrogens with two attached hydrogens (primary N) is 1. The smallest absolute Gasteiger partial charge is 0.235 e. The van der Waals surface area contributed by atoms with Crippen molar-refractivity contribution >= 4 is 17.7 Å². The van der Waals surface area contributed by atoms with E-state index in [2.05, 4.69) is 10.2 Å². The molecule has 0 spiro atoms.